The predicted octanol–water partition coefficient (Wildman–Crippen LogP) is 41.3. The highest BCUT2D eigenvalue weighted by atomic mass is 28.3. The van der Waals surface area contributed by atoms with Crippen molar-refractivity contribution < 1.29 is 0 Å². The van der Waals surface area contributed by atoms with E-state index < -0.39 is 24.2 Å². The summed E-state index contributed by atoms with van der Waals surface area (Å²) < 4.78 is 0. The highest BCUT2D eigenvalue weighted by molar-refractivity contribution is 6.89. The van der Waals surface area contributed by atoms with Gasteiger partial charge in [-0.2, -0.15) is 0 Å². The number of para-hydroxylation sites is 4. The number of aryl methyl sites for hydroxylation is 3. The van der Waals surface area contributed by atoms with Gasteiger partial charge in [0.05, 0.1) is 58.3 Å². The van der Waals surface area contributed by atoms with Crippen molar-refractivity contribution in [1.82, 2.24) is 0 Å². The van der Waals surface area contributed by atoms with Gasteiger partial charge in [0, 0.05) is 101 Å². The first-order valence-electron chi connectivity index (χ1n) is 52.1. The second kappa shape index (κ2) is 42.2. The summed E-state index contributed by atoms with van der Waals surface area (Å²) in [6.45, 7) is 37.2. The lowest BCUT2D eigenvalue weighted by molar-refractivity contribution is 0.866. The van der Waals surface area contributed by atoms with Crippen LogP contribution in [0.25, 0.3) is 97.0 Å². The molecule has 0 aliphatic carbocycles. The van der Waals surface area contributed by atoms with Gasteiger partial charge in [0.25, 0.3) is 0 Å². The summed E-state index contributed by atoms with van der Waals surface area (Å²) in [6.07, 6.45) is 0. The van der Waals surface area contributed by atoms with Crippen LogP contribution in [0, 0.1) is 20.8 Å². The fourth-order valence-corrected chi connectivity index (χ4v) is 25.4. The van der Waals surface area contributed by atoms with E-state index in [9.17, 15) is 0 Å². The number of hydrogen-bond donors (Lipinski definition) is 0. The Balaban J connectivity index is 0.000000140. The number of benzene rings is 24. The van der Waals surface area contributed by atoms with Crippen molar-refractivity contribution in [2.45, 2.75) is 142 Å². The molecule has 9 heteroatoms. The molecule has 0 saturated heterocycles. The van der Waals surface area contributed by atoms with Crippen molar-refractivity contribution in [2.75, 3.05) is 29.4 Å². The molecule has 0 radical (unpaired) electrons. The van der Waals surface area contributed by atoms with E-state index in [0.29, 0.717) is 11.8 Å². The standard InChI is InChI=1S/C50H50N2Si.2C44H38N2Si.3CH4/c1-33(2)36-11-21-41(22-12-36)51(40-19-9-35(5)10-20-40)47-31-17-38-16-30-46-48(32-18-39-15-29-45(47)49(38)50(39)46)52(42-23-13-37(14-24-42)34(3)4)43-25-27-44(28-26-43)53(6,7)8;1-31-13-11-18-36(29-31)45(34-14-7-5-8-15-34)41-27-23-32-22-26-40-42(28-24-33-21-25-39(41)43(32)44(33)40)46(35-16-9-6-10-17-35)37-19-12-20-38(30-37)47(2,3)4;1-31-15-21-36(22-16-31)45(34-11-7-5-8-12-34)41-29-19-32-18-28-40-42(30-20-33-17-27-39(41)43(32)44(33)40)46(35-13-9-6-10-14-35)37-23-25-38(26-24-37)47(2,3)4;;;/h9-34H,1-8H3;2*5-30H,1-4H3;3*1H4. The van der Waals surface area contributed by atoms with Gasteiger partial charge in [-0.05, 0) is 296 Å². The smallest absolute Gasteiger partial charge is 0.0776 e. The number of rotatable bonds is 23. The molecule has 0 N–H and O–H groups in total. The van der Waals surface area contributed by atoms with Gasteiger partial charge in [-0.25, -0.2) is 0 Å². The van der Waals surface area contributed by atoms with Crippen LogP contribution in [-0.2, 0) is 0 Å². The lowest BCUT2D eigenvalue weighted by atomic mass is 9.91. The van der Waals surface area contributed by atoms with Gasteiger partial charge < -0.3 is 29.4 Å². The van der Waals surface area contributed by atoms with Gasteiger partial charge in [0.1, 0.15) is 0 Å². The third-order valence-electron chi connectivity index (χ3n) is 29.8. The van der Waals surface area contributed by atoms with Crippen LogP contribution < -0.4 is 45.0 Å². The molecule has 0 heterocycles. The topological polar surface area (TPSA) is 19.4 Å². The maximum absolute atomic E-state index is 2.46. The minimum absolute atomic E-state index is 0. The Hall–Kier alpha value is -16.1. The summed E-state index contributed by atoms with van der Waals surface area (Å²) in [6, 6.07) is 171. The second-order valence-corrected chi connectivity index (χ2v) is 58.8. The number of nitrogens with zero attached hydrogens (tertiary/aromatic N) is 6. The fraction of sp³-hybridized carbons (Fsp3) is 0.149. The average molecular weight is 2000 g/mol. The van der Waals surface area contributed by atoms with Crippen molar-refractivity contribution in [3.8, 4) is 0 Å². The maximum Gasteiger partial charge on any atom is 0.0776 e. The number of hydrogen-bond acceptors (Lipinski definition) is 6. The highest BCUT2D eigenvalue weighted by Gasteiger charge is 2.30. The van der Waals surface area contributed by atoms with Gasteiger partial charge in [-0.15, -0.1) is 0 Å². The Morgan fingerprint density at radius 1 is 0.160 bits per heavy atom. The summed E-state index contributed by atoms with van der Waals surface area (Å²) >= 11 is 0. The van der Waals surface area contributed by atoms with Crippen LogP contribution in [0.4, 0.5) is 102 Å². The summed E-state index contributed by atoms with van der Waals surface area (Å²) in [7, 11) is -4.41. The summed E-state index contributed by atoms with van der Waals surface area (Å²) in [4.78, 5) is 14.5. The summed E-state index contributed by atoms with van der Waals surface area (Å²) in [5.74, 6) is 0.955. The van der Waals surface area contributed by atoms with Crippen molar-refractivity contribution in [1.29, 1.82) is 0 Å². The molecule has 24 rings (SSSR count). The molecule has 150 heavy (non-hydrogen) atoms. The molecule has 0 amide bonds. The SMILES string of the molecule is C.C.C.Cc1ccc(N(c2ccc(C(C)C)cc2)c2ccc3ccc4c(N(c5ccc(C(C)C)cc5)c5ccc([Si](C)(C)C)cc5)ccc5ccc2c3c54)cc1.Cc1ccc(N(c2ccccc2)c2ccc3ccc4c(N(c5ccccc5)c5ccc([Si](C)(C)C)cc5)ccc5ccc2c3c54)cc1.Cc1cccc(N(c2ccccc2)c2ccc3ccc4c(N(c5ccccc5)c5cccc([Si](C)(C)C)c5)ccc5ccc2c3c54)c1. The van der Waals surface area contributed by atoms with Crippen molar-refractivity contribution in [2.24, 2.45) is 0 Å². The van der Waals surface area contributed by atoms with Crippen molar-refractivity contribution in [3.05, 3.63) is 489 Å². The quantitative estimate of drug-likeness (QED) is 0.0466. The van der Waals surface area contributed by atoms with E-state index in [1.807, 2.05) is 0 Å². The number of anilines is 18. The van der Waals surface area contributed by atoms with Crippen LogP contribution >= 0.6 is 0 Å². The van der Waals surface area contributed by atoms with Crippen LogP contribution in [0.5, 0.6) is 0 Å². The lowest BCUT2D eigenvalue weighted by Gasteiger charge is -2.30. The van der Waals surface area contributed by atoms with Crippen LogP contribution in [0.3, 0.4) is 0 Å². The molecule has 0 aromatic heterocycles. The van der Waals surface area contributed by atoms with Gasteiger partial charge in [0.15, 0.2) is 0 Å². The van der Waals surface area contributed by atoms with Crippen LogP contribution in [0.15, 0.2) is 461 Å². The van der Waals surface area contributed by atoms with E-state index in [1.165, 1.54) is 197 Å². The Bertz CT molecular complexity index is 8850. The Kier molecular flexibility index (Phi) is 28.8. The Labute approximate surface area is 892 Å². The third kappa shape index (κ3) is 19.8. The molecule has 0 bridgehead atoms. The minimum Gasteiger partial charge on any atom is -0.310 e. The molecule has 0 aliphatic rings. The van der Waals surface area contributed by atoms with Gasteiger partial charge >= 0.3 is 0 Å². The van der Waals surface area contributed by atoms with Crippen LogP contribution in [0.2, 0.25) is 58.9 Å². The van der Waals surface area contributed by atoms with Gasteiger partial charge in [0.2, 0.25) is 0 Å². The summed E-state index contributed by atoms with van der Waals surface area (Å²) in [5.41, 5.74) is 27.5. The van der Waals surface area contributed by atoms with Crippen LogP contribution in [0.1, 0.15) is 89.6 Å². The van der Waals surface area contributed by atoms with E-state index in [1.54, 1.807) is 0 Å². The predicted molar refractivity (Wildman–Crippen MR) is 670 cm³/mol. The first-order valence-corrected chi connectivity index (χ1v) is 62.6. The molecule has 6 nitrogen and oxygen atoms in total. The molecule has 0 fully saturated rings. The van der Waals surface area contributed by atoms with Crippen LogP contribution in [-0.4, -0.2) is 24.2 Å². The van der Waals surface area contributed by atoms with E-state index >= 15 is 0 Å². The largest absolute Gasteiger partial charge is 0.310 e. The van der Waals surface area contributed by atoms with Gasteiger partial charge in [-0.1, -0.05) is 415 Å². The molecule has 0 atom stereocenters. The zero-order valence-electron chi connectivity index (χ0n) is 87.2. The third-order valence-corrected chi connectivity index (χ3v) is 36.0. The molecule has 24 aromatic rings. The first kappa shape index (κ1) is 102. The second-order valence-electron chi connectivity index (χ2n) is 43.5. The molecular formula is C141H138N6Si3. The maximum atomic E-state index is 2.46. The Morgan fingerprint density at radius 2 is 0.353 bits per heavy atom. The molecule has 24 aromatic carbocycles. The average Bonchev–Trinajstić information content (AvgIpc) is 0.724. The van der Waals surface area contributed by atoms with Gasteiger partial charge in [-0.3, -0.25) is 0 Å². The fourth-order valence-electron chi connectivity index (χ4n) is 21.9. The lowest BCUT2D eigenvalue weighted by Crippen LogP contribution is -2.37. The molecule has 744 valence electrons. The van der Waals surface area contributed by atoms with E-state index in [-0.39, 0.29) is 22.3 Å². The van der Waals surface area contributed by atoms with E-state index in [2.05, 4.69) is 598 Å². The molecule has 0 aliphatic heterocycles. The first-order chi connectivity index (χ1) is 71.2. The summed E-state index contributed by atoms with van der Waals surface area (Å²) in [5, 5.41) is 27.2. The monoisotopic (exact) mass is 2000 g/mol. The molecule has 0 saturated carbocycles. The zero-order chi connectivity index (χ0) is 101. The van der Waals surface area contributed by atoms with E-state index in [4.69, 9.17) is 0 Å². The van der Waals surface area contributed by atoms with E-state index in [0.717, 1.165) is 45.5 Å². The van der Waals surface area contributed by atoms with Crippen molar-refractivity contribution >= 4 is 239 Å². The molecule has 0 unspecified atom stereocenters. The Morgan fingerprint density at radius 3 is 0.580 bits per heavy atom. The molecular weight excluding hydrogens is 1860 g/mol. The molecule has 0 spiro atoms. The normalized spacial score (nSPS) is 11.7. The zero-order valence-corrected chi connectivity index (χ0v) is 90.2. The minimum atomic E-state index is -1.53. The highest BCUT2D eigenvalue weighted by Crippen LogP contribution is 2.54. The van der Waals surface area contributed by atoms with Crippen molar-refractivity contribution in [3.63, 3.8) is 0 Å².